The molecule has 10 heteroatoms. The van der Waals surface area contributed by atoms with Gasteiger partial charge in [-0.2, -0.15) is 0 Å². The van der Waals surface area contributed by atoms with E-state index >= 15 is 0 Å². The first-order valence-corrected chi connectivity index (χ1v) is 9.51. The highest BCUT2D eigenvalue weighted by atomic mass is 32.1. The molecule has 150 valence electrons. The number of hydrogen-bond donors (Lipinski definition) is 2. The number of nitrogens with one attached hydrogen (secondary N) is 2. The van der Waals surface area contributed by atoms with Crippen molar-refractivity contribution in [2.24, 2.45) is 0 Å². The molecule has 0 saturated carbocycles. The minimum Gasteiger partial charge on any atom is -0.374 e. The van der Waals surface area contributed by atoms with Crippen LogP contribution in [0.2, 0.25) is 0 Å². The molecule has 2 N–H and O–H groups in total. The Kier molecular flexibility index (Phi) is 6.53. The third-order valence-corrected chi connectivity index (χ3v) is 4.70. The molecule has 3 rings (SSSR count). The van der Waals surface area contributed by atoms with E-state index in [2.05, 4.69) is 20.9 Å². The van der Waals surface area contributed by atoms with Crippen LogP contribution in [-0.4, -0.2) is 70.6 Å². The standard InChI is InChI=1S/C18H24FN7OS/c1-13(28)21-10-14-12-26(23-22-14)15-3-4-17(16(19)9-15)24-5-7-25(8-6-24)18(27)11-20-2/h3-4,9,12,20H,5-8,10-11H2,1-2H3,(H,21,28). The molecule has 0 bridgehead atoms. The van der Waals surface area contributed by atoms with E-state index in [0.717, 1.165) is 5.69 Å². The Morgan fingerprint density at radius 2 is 2.04 bits per heavy atom. The molecule has 1 aliphatic heterocycles. The summed E-state index contributed by atoms with van der Waals surface area (Å²) in [6.07, 6.45) is 1.74. The molecule has 1 fully saturated rings. The van der Waals surface area contributed by atoms with E-state index in [1.165, 1.54) is 10.7 Å². The highest BCUT2D eigenvalue weighted by molar-refractivity contribution is 7.80. The number of hydrogen-bond acceptors (Lipinski definition) is 6. The van der Waals surface area contributed by atoms with E-state index in [1.807, 2.05) is 11.0 Å². The van der Waals surface area contributed by atoms with Crippen molar-refractivity contribution in [1.29, 1.82) is 0 Å². The van der Waals surface area contributed by atoms with Crippen LogP contribution >= 0.6 is 12.2 Å². The Bertz CT molecular complexity index is 848. The molecule has 0 atom stereocenters. The van der Waals surface area contributed by atoms with Gasteiger partial charge >= 0.3 is 0 Å². The average Bonchev–Trinajstić information content (AvgIpc) is 3.16. The van der Waals surface area contributed by atoms with Crippen molar-refractivity contribution in [3.05, 3.63) is 35.9 Å². The van der Waals surface area contributed by atoms with Gasteiger partial charge in [0.05, 0.1) is 35.6 Å². The van der Waals surface area contributed by atoms with Crippen molar-refractivity contribution < 1.29 is 9.18 Å². The summed E-state index contributed by atoms with van der Waals surface area (Å²) in [5, 5.41) is 14.0. The highest BCUT2D eigenvalue weighted by Gasteiger charge is 2.22. The summed E-state index contributed by atoms with van der Waals surface area (Å²) in [7, 11) is 1.75. The highest BCUT2D eigenvalue weighted by Crippen LogP contribution is 2.23. The molecule has 0 aliphatic carbocycles. The number of benzene rings is 1. The Morgan fingerprint density at radius 1 is 1.29 bits per heavy atom. The van der Waals surface area contributed by atoms with Crippen LogP contribution in [-0.2, 0) is 11.3 Å². The predicted octanol–water partition coefficient (Wildman–Crippen LogP) is 0.711. The summed E-state index contributed by atoms with van der Waals surface area (Å²) in [4.78, 5) is 16.4. The fraction of sp³-hybridized carbons (Fsp3) is 0.444. The first-order chi connectivity index (χ1) is 13.5. The molecule has 1 aromatic heterocycles. The van der Waals surface area contributed by atoms with Gasteiger partial charge in [-0.1, -0.05) is 17.4 Å². The first-order valence-electron chi connectivity index (χ1n) is 9.11. The maximum Gasteiger partial charge on any atom is 0.236 e. The largest absolute Gasteiger partial charge is 0.374 e. The smallest absolute Gasteiger partial charge is 0.236 e. The van der Waals surface area contributed by atoms with Crippen LogP contribution < -0.4 is 15.5 Å². The number of nitrogens with zero attached hydrogens (tertiary/aromatic N) is 5. The zero-order valence-electron chi connectivity index (χ0n) is 16.0. The number of halogens is 1. The number of piperazine rings is 1. The second-order valence-corrected chi connectivity index (χ2v) is 7.21. The molecule has 2 aromatic rings. The van der Waals surface area contributed by atoms with Gasteiger partial charge in [-0.25, -0.2) is 9.07 Å². The lowest BCUT2D eigenvalue weighted by atomic mass is 10.2. The Morgan fingerprint density at radius 3 is 2.68 bits per heavy atom. The summed E-state index contributed by atoms with van der Waals surface area (Å²) < 4.78 is 16.3. The van der Waals surface area contributed by atoms with Crippen molar-refractivity contribution in [3.8, 4) is 5.69 Å². The Labute approximate surface area is 168 Å². The van der Waals surface area contributed by atoms with E-state index in [1.54, 1.807) is 31.1 Å². The molecule has 1 aliphatic rings. The zero-order valence-corrected chi connectivity index (χ0v) is 16.8. The van der Waals surface area contributed by atoms with Crippen molar-refractivity contribution in [3.63, 3.8) is 0 Å². The van der Waals surface area contributed by atoms with Crippen molar-refractivity contribution in [1.82, 2.24) is 30.5 Å². The lowest BCUT2D eigenvalue weighted by Crippen LogP contribution is -2.50. The monoisotopic (exact) mass is 405 g/mol. The number of aromatic nitrogens is 3. The number of carbonyl (C=O) groups is 1. The molecule has 0 spiro atoms. The number of amides is 1. The van der Waals surface area contributed by atoms with E-state index in [0.29, 0.717) is 55.6 Å². The van der Waals surface area contributed by atoms with Gasteiger partial charge in [-0.3, -0.25) is 4.79 Å². The van der Waals surface area contributed by atoms with Gasteiger partial charge in [0.2, 0.25) is 5.91 Å². The summed E-state index contributed by atoms with van der Waals surface area (Å²) >= 11 is 4.98. The summed E-state index contributed by atoms with van der Waals surface area (Å²) in [6.45, 7) is 4.96. The fourth-order valence-electron chi connectivity index (χ4n) is 3.08. The Balaban J connectivity index is 1.65. The van der Waals surface area contributed by atoms with Gasteiger partial charge in [0.1, 0.15) is 11.5 Å². The maximum atomic E-state index is 14.7. The van der Waals surface area contributed by atoms with E-state index in [4.69, 9.17) is 12.2 Å². The topological polar surface area (TPSA) is 78.3 Å². The minimum atomic E-state index is -0.322. The summed E-state index contributed by atoms with van der Waals surface area (Å²) in [6, 6.07) is 5.01. The van der Waals surface area contributed by atoms with Crippen LogP contribution in [0.3, 0.4) is 0 Å². The number of rotatable bonds is 6. The van der Waals surface area contributed by atoms with E-state index in [-0.39, 0.29) is 11.7 Å². The Hall–Kier alpha value is -2.59. The van der Waals surface area contributed by atoms with Crippen LogP contribution in [0.1, 0.15) is 12.6 Å². The lowest BCUT2D eigenvalue weighted by Gasteiger charge is -2.36. The molecule has 0 radical (unpaired) electrons. The van der Waals surface area contributed by atoms with Gasteiger partial charge in [0.25, 0.3) is 0 Å². The molecule has 1 saturated heterocycles. The summed E-state index contributed by atoms with van der Waals surface area (Å²) in [5.41, 5.74) is 1.85. The minimum absolute atomic E-state index is 0.0679. The van der Waals surface area contributed by atoms with Crippen molar-refractivity contribution in [2.45, 2.75) is 13.5 Å². The van der Waals surface area contributed by atoms with Gasteiger partial charge in [-0.15, -0.1) is 5.10 Å². The molecular formula is C18H24FN7OS. The van der Waals surface area contributed by atoms with Crippen LogP contribution in [0.4, 0.5) is 10.1 Å². The van der Waals surface area contributed by atoms with Gasteiger partial charge in [0, 0.05) is 32.2 Å². The van der Waals surface area contributed by atoms with Crippen molar-refractivity contribution in [2.75, 3.05) is 44.7 Å². The van der Waals surface area contributed by atoms with Crippen molar-refractivity contribution >= 4 is 28.8 Å². The number of likely N-dealkylation sites (N-methyl/N-ethyl adjacent to an activating group) is 1. The molecule has 8 nitrogen and oxygen atoms in total. The molecular weight excluding hydrogens is 381 g/mol. The third kappa shape index (κ3) is 4.82. The fourth-order valence-corrected chi connectivity index (χ4v) is 3.15. The van der Waals surface area contributed by atoms with Gasteiger partial charge in [-0.05, 0) is 26.1 Å². The number of thiocarbonyl (C=S) groups is 1. The molecule has 1 amide bonds. The number of carbonyl (C=O) groups excluding carboxylic acids is 1. The van der Waals surface area contributed by atoms with Crippen LogP contribution in [0.5, 0.6) is 0 Å². The van der Waals surface area contributed by atoms with Crippen LogP contribution in [0, 0.1) is 5.82 Å². The average molecular weight is 406 g/mol. The van der Waals surface area contributed by atoms with Gasteiger partial charge < -0.3 is 20.4 Å². The SMILES string of the molecule is CNCC(=O)N1CCN(c2ccc(-n3cc(CNC(C)=S)nn3)cc2F)CC1. The second kappa shape index (κ2) is 9.07. The van der Waals surface area contributed by atoms with Crippen LogP contribution in [0.25, 0.3) is 5.69 Å². The van der Waals surface area contributed by atoms with E-state index < -0.39 is 0 Å². The zero-order chi connectivity index (χ0) is 20.1. The molecule has 0 unspecified atom stereocenters. The lowest BCUT2D eigenvalue weighted by molar-refractivity contribution is -0.130. The summed E-state index contributed by atoms with van der Waals surface area (Å²) in [5.74, 6) is -0.254. The number of anilines is 1. The first kappa shape index (κ1) is 20.2. The maximum absolute atomic E-state index is 14.7. The third-order valence-electron chi connectivity index (χ3n) is 4.56. The normalized spacial score (nSPS) is 14.2. The molecule has 28 heavy (non-hydrogen) atoms. The molecule has 2 heterocycles. The predicted molar refractivity (Wildman–Crippen MR) is 109 cm³/mol. The second-order valence-electron chi connectivity index (χ2n) is 6.60. The van der Waals surface area contributed by atoms with E-state index in [9.17, 15) is 9.18 Å². The quantitative estimate of drug-likeness (QED) is 0.686. The van der Waals surface area contributed by atoms with Crippen LogP contribution in [0.15, 0.2) is 24.4 Å². The molecule has 1 aromatic carbocycles. The van der Waals surface area contributed by atoms with Gasteiger partial charge in [0.15, 0.2) is 0 Å².